The van der Waals surface area contributed by atoms with Crippen molar-refractivity contribution in [2.75, 3.05) is 57.7 Å². The van der Waals surface area contributed by atoms with Crippen LogP contribution >= 0.6 is 0 Å². The van der Waals surface area contributed by atoms with Crippen LogP contribution in [0.3, 0.4) is 0 Å². The highest BCUT2D eigenvalue weighted by Gasteiger charge is 2.29. The van der Waals surface area contributed by atoms with Crippen LogP contribution in [0.25, 0.3) is 6.08 Å². The maximum Gasteiger partial charge on any atom is 0.261 e. The van der Waals surface area contributed by atoms with E-state index < -0.39 is 11.8 Å². The Hall–Kier alpha value is -4.79. The molecule has 0 radical (unpaired) electrons. The van der Waals surface area contributed by atoms with Crippen LogP contribution in [0.4, 0.5) is 11.4 Å². The molecule has 40 heavy (non-hydrogen) atoms. The van der Waals surface area contributed by atoms with Crippen molar-refractivity contribution in [2.24, 2.45) is 0 Å². The van der Waals surface area contributed by atoms with Crippen LogP contribution in [0.5, 0.6) is 17.2 Å². The van der Waals surface area contributed by atoms with E-state index in [1.165, 1.54) is 34.3 Å². The molecule has 3 aromatic carbocycles. The fraction of sp³-hybridized carbons (Fsp3) is 0.258. The van der Waals surface area contributed by atoms with Gasteiger partial charge in [0.15, 0.2) is 17.3 Å². The monoisotopic (exact) mass is 543 g/mol. The molecule has 0 bridgehead atoms. The summed E-state index contributed by atoms with van der Waals surface area (Å²) in [5.41, 5.74) is 2.54. The summed E-state index contributed by atoms with van der Waals surface area (Å²) in [5, 5.41) is 2.83. The number of Topliss-reactive ketones (excluding diaryl/α,β-unsaturated/α-hetero) is 1. The molecule has 9 nitrogen and oxygen atoms in total. The topological polar surface area (TPSA) is 97.4 Å². The van der Waals surface area contributed by atoms with Crippen molar-refractivity contribution in [1.29, 1.82) is 0 Å². The van der Waals surface area contributed by atoms with E-state index in [9.17, 15) is 14.4 Å². The number of piperazine rings is 1. The first-order valence-corrected chi connectivity index (χ1v) is 12.9. The van der Waals surface area contributed by atoms with E-state index in [2.05, 4.69) is 10.2 Å². The molecule has 1 aliphatic heterocycles. The highest BCUT2D eigenvalue weighted by atomic mass is 16.5. The van der Waals surface area contributed by atoms with Crippen molar-refractivity contribution in [3.05, 3.63) is 83.4 Å². The molecule has 9 heteroatoms. The summed E-state index contributed by atoms with van der Waals surface area (Å²) < 4.78 is 16.6. The molecule has 0 atom stereocenters. The van der Waals surface area contributed by atoms with Crippen LogP contribution in [0, 0.1) is 0 Å². The van der Waals surface area contributed by atoms with Gasteiger partial charge in [0, 0.05) is 43.1 Å². The third kappa shape index (κ3) is 6.26. The maximum atomic E-state index is 13.9. The molecule has 0 aliphatic carbocycles. The number of carbonyl (C=O) groups excluding carboxylic acids is 3. The minimum absolute atomic E-state index is 0.0133. The van der Waals surface area contributed by atoms with Crippen LogP contribution < -0.4 is 24.4 Å². The molecule has 1 fully saturated rings. The minimum Gasteiger partial charge on any atom is -0.496 e. The van der Waals surface area contributed by atoms with E-state index in [0.717, 1.165) is 5.69 Å². The van der Waals surface area contributed by atoms with Gasteiger partial charge in [-0.1, -0.05) is 18.2 Å². The van der Waals surface area contributed by atoms with Gasteiger partial charge in [0.25, 0.3) is 11.8 Å². The van der Waals surface area contributed by atoms with Gasteiger partial charge in [0.2, 0.25) is 0 Å². The Kier molecular flexibility index (Phi) is 9.06. The van der Waals surface area contributed by atoms with Gasteiger partial charge in [-0.05, 0) is 61.5 Å². The summed E-state index contributed by atoms with van der Waals surface area (Å²) >= 11 is 0. The Morgan fingerprint density at radius 3 is 1.98 bits per heavy atom. The predicted molar refractivity (Wildman–Crippen MR) is 154 cm³/mol. The molecule has 208 valence electrons. The third-order valence-electron chi connectivity index (χ3n) is 6.77. The van der Waals surface area contributed by atoms with Crippen LogP contribution in [0.1, 0.15) is 22.8 Å². The number of amides is 2. The van der Waals surface area contributed by atoms with Crippen molar-refractivity contribution < 1.29 is 28.6 Å². The lowest BCUT2D eigenvalue weighted by Gasteiger charge is -2.36. The maximum absolute atomic E-state index is 13.9. The molecule has 3 aromatic rings. The lowest BCUT2D eigenvalue weighted by atomic mass is 10.0. The van der Waals surface area contributed by atoms with Crippen LogP contribution in [0.2, 0.25) is 0 Å². The number of hydrogen-bond acceptors (Lipinski definition) is 7. The zero-order chi connectivity index (χ0) is 28.6. The molecule has 1 saturated heterocycles. The first kappa shape index (κ1) is 28.2. The smallest absolute Gasteiger partial charge is 0.261 e. The normalized spacial score (nSPS) is 13.4. The molecule has 0 aromatic heterocycles. The van der Waals surface area contributed by atoms with Gasteiger partial charge in [-0.15, -0.1) is 0 Å². The molecular weight excluding hydrogens is 510 g/mol. The number of methoxy groups -OCH3 is 3. The summed E-state index contributed by atoms with van der Waals surface area (Å²) in [4.78, 5) is 42.9. The minimum atomic E-state index is -0.551. The fourth-order valence-electron chi connectivity index (χ4n) is 4.58. The second-order valence-corrected chi connectivity index (χ2v) is 9.18. The highest BCUT2D eigenvalue weighted by Crippen LogP contribution is 2.39. The summed E-state index contributed by atoms with van der Waals surface area (Å²) in [6.45, 7) is 3.51. The number of anilines is 2. The van der Waals surface area contributed by atoms with E-state index in [4.69, 9.17) is 14.2 Å². The molecule has 1 N–H and O–H groups in total. The largest absolute Gasteiger partial charge is 0.496 e. The number of nitrogens with zero attached hydrogens (tertiary/aromatic N) is 2. The molecule has 1 heterocycles. The molecular formula is C31H33N3O6. The Morgan fingerprint density at radius 1 is 0.775 bits per heavy atom. The van der Waals surface area contributed by atoms with Gasteiger partial charge < -0.3 is 29.3 Å². The van der Waals surface area contributed by atoms with Crippen molar-refractivity contribution >= 4 is 35.0 Å². The van der Waals surface area contributed by atoms with Gasteiger partial charge >= 0.3 is 0 Å². The Bertz CT molecular complexity index is 1390. The van der Waals surface area contributed by atoms with Crippen molar-refractivity contribution in [1.82, 2.24) is 4.90 Å². The number of hydrogen-bond donors (Lipinski definition) is 1. The lowest BCUT2D eigenvalue weighted by molar-refractivity contribution is -0.129. The molecule has 2 amide bonds. The second-order valence-electron chi connectivity index (χ2n) is 9.18. The van der Waals surface area contributed by atoms with Gasteiger partial charge in [-0.25, -0.2) is 0 Å². The number of rotatable bonds is 9. The van der Waals surface area contributed by atoms with Crippen LogP contribution in [-0.4, -0.2) is 70.0 Å². The Labute approximate surface area is 233 Å². The predicted octanol–water partition coefficient (Wildman–Crippen LogP) is 4.29. The van der Waals surface area contributed by atoms with E-state index >= 15 is 0 Å². The summed E-state index contributed by atoms with van der Waals surface area (Å²) in [7, 11) is 4.51. The van der Waals surface area contributed by atoms with Gasteiger partial charge in [-0.3, -0.25) is 14.4 Å². The number of ketones is 1. The van der Waals surface area contributed by atoms with E-state index in [1.54, 1.807) is 53.4 Å². The lowest BCUT2D eigenvalue weighted by Crippen LogP contribution is -2.50. The average molecular weight is 544 g/mol. The van der Waals surface area contributed by atoms with Gasteiger partial charge in [-0.2, -0.15) is 0 Å². The number of carbonyl (C=O) groups is 3. The van der Waals surface area contributed by atoms with Crippen LogP contribution in [0.15, 0.2) is 72.3 Å². The molecule has 1 aliphatic rings. The van der Waals surface area contributed by atoms with E-state index in [-0.39, 0.29) is 11.4 Å². The SMILES string of the molecule is COc1ccc(OC)c(OC)c1/C=C(\C(=O)Nc1ccccc1)C(=O)N1CCN(c2ccc(C(C)=O)cc2)CC1. The number of nitrogens with one attached hydrogen (secondary N) is 1. The highest BCUT2D eigenvalue weighted by molar-refractivity contribution is 6.25. The summed E-state index contributed by atoms with van der Waals surface area (Å²) in [6.07, 6.45) is 1.49. The van der Waals surface area contributed by atoms with E-state index in [0.29, 0.717) is 60.2 Å². The fourth-order valence-corrected chi connectivity index (χ4v) is 4.58. The first-order valence-electron chi connectivity index (χ1n) is 12.9. The quantitative estimate of drug-likeness (QED) is 0.186. The third-order valence-corrected chi connectivity index (χ3v) is 6.77. The Balaban J connectivity index is 1.63. The summed E-state index contributed by atoms with van der Waals surface area (Å²) in [6, 6.07) is 19.8. The second kappa shape index (κ2) is 12.8. The molecule has 4 rings (SSSR count). The van der Waals surface area contributed by atoms with Crippen molar-refractivity contribution in [2.45, 2.75) is 6.92 Å². The zero-order valence-electron chi connectivity index (χ0n) is 23.1. The summed E-state index contributed by atoms with van der Waals surface area (Å²) in [5.74, 6) is 0.263. The molecule has 0 unspecified atom stereocenters. The molecule has 0 spiro atoms. The standard InChI is InChI=1S/C31H33N3O6/c1-21(35)22-10-12-24(13-11-22)33-16-18-34(19-17-33)31(37)26(30(36)32-23-8-6-5-7-9-23)20-25-27(38-2)14-15-28(39-3)29(25)40-4/h5-15,20H,16-19H2,1-4H3,(H,32,36)/b26-20+. The zero-order valence-corrected chi connectivity index (χ0v) is 23.1. The van der Waals surface area contributed by atoms with Gasteiger partial charge in [0.1, 0.15) is 11.3 Å². The Morgan fingerprint density at radius 2 is 1.40 bits per heavy atom. The van der Waals surface area contributed by atoms with Crippen LogP contribution in [-0.2, 0) is 9.59 Å². The van der Waals surface area contributed by atoms with E-state index in [1.807, 2.05) is 18.2 Å². The first-order chi connectivity index (χ1) is 19.4. The average Bonchev–Trinajstić information content (AvgIpc) is 2.99. The van der Waals surface area contributed by atoms with Crippen molar-refractivity contribution in [3.63, 3.8) is 0 Å². The number of para-hydroxylation sites is 1. The van der Waals surface area contributed by atoms with Crippen molar-refractivity contribution in [3.8, 4) is 17.2 Å². The number of ether oxygens (including phenoxy) is 3. The molecule has 0 saturated carbocycles. The number of benzene rings is 3. The van der Waals surface area contributed by atoms with Gasteiger partial charge in [0.05, 0.1) is 26.9 Å².